The first-order valence-corrected chi connectivity index (χ1v) is 4.47. The molecule has 0 aromatic rings. The van der Waals surface area contributed by atoms with Gasteiger partial charge in [-0.1, -0.05) is 0 Å². The Hall–Kier alpha value is -1.10. The lowest BCUT2D eigenvalue weighted by Gasteiger charge is -2.36. The van der Waals surface area contributed by atoms with Crippen LogP contribution in [0, 0.1) is 0 Å². The molecule has 2 aliphatic rings. The molecule has 2 rings (SSSR count). The van der Waals surface area contributed by atoms with Gasteiger partial charge < -0.3 is 10.2 Å². The SMILES string of the molecule is CN1C(=O)NC(=O)[C@@]12CCCNC2. The van der Waals surface area contributed by atoms with E-state index in [9.17, 15) is 9.59 Å². The number of amides is 3. The summed E-state index contributed by atoms with van der Waals surface area (Å²) in [6, 6.07) is -0.284. The Morgan fingerprint density at radius 1 is 1.46 bits per heavy atom. The number of hydrogen-bond donors (Lipinski definition) is 2. The summed E-state index contributed by atoms with van der Waals surface area (Å²) < 4.78 is 0. The molecule has 0 bridgehead atoms. The average molecular weight is 183 g/mol. The Morgan fingerprint density at radius 2 is 2.23 bits per heavy atom. The third-order valence-corrected chi connectivity index (χ3v) is 2.95. The van der Waals surface area contributed by atoms with E-state index in [2.05, 4.69) is 10.6 Å². The average Bonchev–Trinajstić information content (AvgIpc) is 2.34. The molecule has 0 saturated carbocycles. The molecule has 0 aliphatic carbocycles. The second-order valence-corrected chi connectivity index (χ2v) is 3.63. The van der Waals surface area contributed by atoms with Crippen molar-refractivity contribution in [1.29, 1.82) is 0 Å². The van der Waals surface area contributed by atoms with E-state index in [0.717, 1.165) is 19.4 Å². The smallest absolute Gasteiger partial charge is 0.314 e. The van der Waals surface area contributed by atoms with Gasteiger partial charge in [-0.15, -0.1) is 0 Å². The maximum atomic E-state index is 11.6. The van der Waals surface area contributed by atoms with E-state index in [1.807, 2.05) is 0 Å². The molecule has 5 nitrogen and oxygen atoms in total. The van der Waals surface area contributed by atoms with Crippen LogP contribution in [0.3, 0.4) is 0 Å². The van der Waals surface area contributed by atoms with Crippen LogP contribution < -0.4 is 10.6 Å². The number of imide groups is 1. The minimum atomic E-state index is -0.616. The van der Waals surface area contributed by atoms with Gasteiger partial charge in [-0.3, -0.25) is 10.1 Å². The molecule has 1 atom stereocenters. The lowest BCUT2D eigenvalue weighted by molar-refractivity contribution is -0.127. The van der Waals surface area contributed by atoms with E-state index in [1.165, 1.54) is 4.90 Å². The predicted molar refractivity (Wildman–Crippen MR) is 46.1 cm³/mol. The largest absolute Gasteiger partial charge is 0.324 e. The van der Waals surface area contributed by atoms with Crippen LogP contribution in [0.15, 0.2) is 0 Å². The second-order valence-electron chi connectivity index (χ2n) is 3.63. The van der Waals surface area contributed by atoms with Gasteiger partial charge in [-0.2, -0.15) is 0 Å². The van der Waals surface area contributed by atoms with Gasteiger partial charge in [0.25, 0.3) is 5.91 Å². The van der Waals surface area contributed by atoms with E-state index >= 15 is 0 Å². The van der Waals surface area contributed by atoms with Crippen molar-refractivity contribution in [1.82, 2.24) is 15.5 Å². The molecule has 13 heavy (non-hydrogen) atoms. The number of urea groups is 1. The molecule has 72 valence electrons. The molecular formula is C8H13N3O2. The highest BCUT2D eigenvalue weighted by Gasteiger charge is 2.51. The molecular weight excluding hydrogens is 170 g/mol. The number of rotatable bonds is 0. The van der Waals surface area contributed by atoms with Crippen molar-refractivity contribution in [3.05, 3.63) is 0 Å². The van der Waals surface area contributed by atoms with Gasteiger partial charge in [-0.05, 0) is 19.4 Å². The number of carbonyl (C=O) groups is 2. The number of likely N-dealkylation sites (N-methyl/N-ethyl adjacent to an activating group) is 1. The fourth-order valence-corrected chi connectivity index (χ4v) is 2.01. The zero-order valence-electron chi connectivity index (χ0n) is 7.59. The van der Waals surface area contributed by atoms with E-state index in [-0.39, 0.29) is 11.9 Å². The van der Waals surface area contributed by atoms with Crippen molar-refractivity contribution in [3.8, 4) is 0 Å². The molecule has 2 N–H and O–H groups in total. The van der Waals surface area contributed by atoms with Gasteiger partial charge in [0.2, 0.25) is 0 Å². The van der Waals surface area contributed by atoms with Crippen molar-refractivity contribution in [2.45, 2.75) is 18.4 Å². The third-order valence-electron chi connectivity index (χ3n) is 2.95. The topological polar surface area (TPSA) is 61.4 Å². The standard InChI is InChI=1S/C8H13N3O2/c1-11-7(13)10-6(12)8(11)3-2-4-9-5-8/h9H,2-5H2,1H3,(H,10,12,13)/t8-/m0/s1. The Kier molecular flexibility index (Phi) is 1.76. The first-order chi connectivity index (χ1) is 6.17. The number of piperidine rings is 1. The lowest BCUT2D eigenvalue weighted by Crippen LogP contribution is -2.57. The van der Waals surface area contributed by atoms with Crippen molar-refractivity contribution in [2.24, 2.45) is 0 Å². The van der Waals surface area contributed by atoms with Crippen LogP contribution in [-0.2, 0) is 4.79 Å². The van der Waals surface area contributed by atoms with Crippen LogP contribution >= 0.6 is 0 Å². The molecule has 0 aromatic carbocycles. The molecule has 0 unspecified atom stereocenters. The molecule has 0 radical (unpaired) electrons. The van der Waals surface area contributed by atoms with Crippen LogP contribution in [0.5, 0.6) is 0 Å². The summed E-state index contributed by atoms with van der Waals surface area (Å²) in [5.41, 5.74) is -0.616. The summed E-state index contributed by atoms with van der Waals surface area (Å²) in [6.45, 7) is 1.50. The van der Waals surface area contributed by atoms with Gasteiger partial charge in [0, 0.05) is 13.6 Å². The van der Waals surface area contributed by atoms with Crippen LogP contribution in [0.4, 0.5) is 4.79 Å². The van der Waals surface area contributed by atoms with Crippen molar-refractivity contribution >= 4 is 11.9 Å². The molecule has 3 amide bonds. The van der Waals surface area contributed by atoms with Crippen molar-refractivity contribution in [3.63, 3.8) is 0 Å². The van der Waals surface area contributed by atoms with E-state index in [0.29, 0.717) is 6.54 Å². The lowest BCUT2D eigenvalue weighted by atomic mass is 9.89. The van der Waals surface area contributed by atoms with Gasteiger partial charge in [0.15, 0.2) is 0 Å². The van der Waals surface area contributed by atoms with Crippen LogP contribution in [0.2, 0.25) is 0 Å². The fraction of sp³-hybridized carbons (Fsp3) is 0.750. The quantitative estimate of drug-likeness (QED) is 0.488. The number of nitrogens with zero attached hydrogens (tertiary/aromatic N) is 1. The number of nitrogens with one attached hydrogen (secondary N) is 2. The first-order valence-electron chi connectivity index (χ1n) is 4.47. The summed E-state index contributed by atoms with van der Waals surface area (Å²) >= 11 is 0. The fourth-order valence-electron chi connectivity index (χ4n) is 2.01. The third kappa shape index (κ3) is 1.03. The summed E-state index contributed by atoms with van der Waals surface area (Å²) in [5.74, 6) is -0.160. The highest BCUT2D eigenvalue weighted by molar-refractivity contribution is 6.07. The van der Waals surface area contributed by atoms with Gasteiger partial charge in [-0.25, -0.2) is 4.79 Å². The Labute approximate surface area is 76.5 Å². The molecule has 1 spiro atoms. The minimum absolute atomic E-state index is 0.160. The summed E-state index contributed by atoms with van der Waals surface area (Å²) in [6.07, 6.45) is 1.69. The van der Waals surface area contributed by atoms with Crippen molar-refractivity contribution < 1.29 is 9.59 Å². The maximum absolute atomic E-state index is 11.6. The minimum Gasteiger partial charge on any atom is -0.314 e. The number of hydrogen-bond acceptors (Lipinski definition) is 3. The molecule has 2 heterocycles. The van der Waals surface area contributed by atoms with E-state index in [1.54, 1.807) is 7.05 Å². The maximum Gasteiger partial charge on any atom is 0.324 e. The van der Waals surface area contributed by atoms with Gasteiger partial charge in [0.1, 0.15) is 5.54 Å². The Balaban J connectivity index is 2.28. The van der Waals surface area contributed by atoms with Crippen molar-refractivity contribution in [2.75, 3.05) is 20.1 Å². The molecule has 2 fully saturated rings. The Morgan fingerprint density at radius 3 is 2.69 bits per heavy atom. The van der Waals surface area contributed by atoms with E-state index < -0.39 is 5.54 Å². The molecule has 5 heteroatoms. The summed E-state index contributed by atoms with van der Waals surface area (Å²) in [7, 11) is 1.67. The van der Waals surface area contributed by atoms with E-state index in [4.69, 9.17) is 0 Å². The molecule has 0 aromatic heterocycles. The highest BCUT2D eigenvalue weighted by atomic mass is 16.2. The highest BCUT2D eigenvalue weighted by Crippen LogP contribution is 2.26. The van der Waals surface area contributed by atoms with Crippen LogP contribution in [-0.4, -0.2) is 42.5 Å². The zero-order chi connectivity index (χ0) is 9.47. The van der Waals surface area contributed by atoms with Gasteiger partial charge in [0.05, 0.1) is 0 Å². The summed E-state index contributed by atoms with van der Waals surface area (Å²) in [5, 5.41) is 5.48. The van der Waals surface area contributed by atoms with Crippen LogP contribution in [0.25, 0.3) is 0 Å². The zero-order valence-corrected chi connectivity index (χ0v) is 7.59. The second kappa shape index (κ2) is 2.70. The molecule has 2 saturated heterocycles. The number of carbonyl (C=O) groups excluding carboxylic acids is 2. The Bertz CT molecular complexity index is 258. The predicted octanol–water partition coefficient (Wildman–Crippen LogP) is -0.710. The monoisotopic (exact) mass is 183 g/mol. The first kappa shape index (κ1) is 8.50. The summed E-state index contributed by atoms with van der Waals surface area (Å²) in [4.78, 5) is 24.3. The normalized spacial score (nSPS) is 34.1. The molecule has 2 aliphatic heterocycles. The van der Waals surface area contributed by atoms with Crippen LogP contribution in [0.1, 0.15) is 12.8 Å². The van der Waals surface area contributed by atoms with Gasteiger partial charge >= 0.3 is 6.03 Å².